The third-order valence-electron chi connectivity index (χ3n) is 4.23. The van der Waals surface area contributed by atoms with Gasteiger partial charge in [-0.05, 0) is 0 Å². The van der Waals surface area contributed by atoms with E-state index in [2.05, 4.69) is 0 Å². The van der Waals surface area contributed by atoms with Crippen molar-refractivity contribution in [2.45, 2.75) is 61.4 Å². The summed E-state index contributed by atoms with van der Waals surface area (Å²) in [6, 6.07) is 0. The molecule has 2 rings (SSSR count). The highest BCUT2D eigenvalue weighted by Crippen LogP contribution is 2.29. The van der Waals surface area contributed by atoms with Gasteiger partial charge in [0.2, 0.25) is 0 Å². The summed E-state index contributed by atoms with van der Waals surface area (Å²) < 4.78 is 20.6. The standard InChI is InChI=1S/C13H24O11/c1-21-11-9(19)10(5(3-15)22-12(11)20)24-13-8(18)7(17)6(16)4(2-14)23-13/h4-20H,2-3H2,1H3/t4-,5-,6+,7+,8-,9+,10+,11-,12-,13+/m1/s1. The molecule has 142 valence electrons. The molecule has 2 aliphatic rings. The van der Waals surface area contributed by atoms with Crippen LogP contribution in [0.5, 0.6) is 0 Å². The Morgan fingerprint density at radius 1 is 0.750 bits per heavy atom. The van der Waals surface area contributed by atoms with Gasteiger partial charge >= 0.3 is 0 Å². The zero-order valence-corrected chi connectivity index (χ0v) is 13.0. The SMILES string of the molecule is CO[C@@H]1[C@@H](O)[C@@H](O[C@@H]2O[C@H](CO)[C@H](O)[C@H](O)[C@H]2O)[C@@H](CO)O[C@H]1O. The lowest BCUT2D eigenvalue weighted by molar-refractivity contribution is -0.356. The topological polar surface area (TPSA) is 179 Å². The molecule has 0 bridgehead atoms. The third-order valence-corrected chi connectivity index (χ3v) is 4.23. The summed E-state index contributed by atoms with van der Waals surface area (Å²) >= 11 is 0. The lowest BCUT2D eigenvalue weighted by atomic mass is 9.97. The van der Waals surface area contributed by atoms with Crippen LogP contribution in [0.4, 0.5) is 0 Å². The van der Waals surface area contributed by atoms with Crippen LogP contribution < -0.4 is 0 Å². The van der Waals surface area contributed by atoms with Crippen molar-refractivity contribution in [3.8, 4) is 0 Å². The summed E-state index contributed by atoms with van der Waals surface area (Å²) in [5.41, 5.74) is 0. The van der Waals surface area contributed by atoms with E-state index in [1.54, 1.807) is 0 Å². The second-order valence-corrected chi connectivity index (χ2v) is 5.74. The first kappa shape index (κ1) is 19.9. The van der Waals surface area contributed by atoms with Gasteiger partial charge in [0.25, 0.3) is 0 Å². The van der Waals surface area contributed by atoms with Gasteiger partial charge in [-0.25, -0.2) is 0 Å². The molecule has 0 aliphatic carbocycles. The van der Waals surface area contributed by atoms with E-state index < -0.39 is 74.6 Å². The fourth-order valence-corrected chi connectivity index (χ4v) is 2.82. The van der Waals surface area contributed by atoms with Crippen LogP contribution in [0, 0.1) is 0 Å². The van der Waals surface area contributed by atoms with Gasteiger partial charge in [0.05, 0.1) is 13.2 Å². The van der Waals surface area contributed by atoms with Gasteiger partial charge in [-0.2, -0.15) is 0 Å². The quantitative estimate of drug-likeness (QED) is 0.251. The Bertz CT molecular complexity index is 394. The second-order valence-electron chi connectivity index (χ2n) is 5.74. The minimum atomic E-state index is -1.68. The van der Waals surface area contributed by atoms with Crippen molar-refractivity contribution in [3.05, 3.63) is 0 Å². The number of rotatable bonds is 5. The van der Waals surface area contributed by atoms with E-state index in [9.17, 15) is 30.6 Å². The first-order chi connectivity index (χ1) is 11.3. The summed E-state index contributed by atoms with van der Waals surface area (Å²) in [7, 11) is 1.23. The van der Waals surface area contributed by atoms with Crippen molar-refractivity contribution in [2.24, 2.45) is 0 Å². The Kier molecular flexibility index (Phi) is 6.87. The van der Waals surface area contributed by atoms with Gasteiger partial charge in [-0.3, -0.25) is 0 Å². The third kappa shape index (κ3) is 3.71. The lowest BCUT2D eigenvalue weighted by Crippen LogP contribution is -2.64. The van der Waals surface area contributed by atoms with E-state index in [1.807, 2.05) is 0 Å². The molecule has 0 aromatic rings. The number of hydrogen-bond donors (Lipinski definition) is 7. The minimum Gasteiger partial charge on any atom is -0.394 e. The summed E-state index contributed by atoms with van der Waals surface area (Å²) in [5, 5.41) is 67.9. The van der Waals surface area contributed by atoms with Crippen LogP contribution in [-0.2, 0) is 18.9 Å². The van der Waals surface area contributed by atoms with Crippen LogP contribution >= 0.6 is 0 Å². The van der Waals surface area contributed by atoms with E-state index in [1.165, 1.54) is 7.11 Å². The molecule has 10 atom stereocenters. The molecule has 0 unspecified atom stereocenters. The van der Waals surface area contributed by atoms with Gasteiger partial charge in [0, 0.05) is 7.11 Å². The molecule has 0 radical (unpaired) electrons. The minimum absolute atomic E-state index is 0.618. The fourth-order valence-electron chi connectivity index (χ4n) is 2.82. The molecule has 7 N–H and O–H groups in total. The largest absolute Gasteiger partial charge is 0.394 e. The number of methoxy groups -OCH3 is 1. The van der Waals surface area contributed by atoms with Crippen LogP contribution in [0.2, 0.25) is 0 Å². The van der Waals surface area contributed by atoms with Crippen LogP contribution in [0.15, 0.2) is 0 Å². The summed E-state index contributed by atoms with van der Waals surface area (Å²) in [6.45, 7) is -1.26. The molecule has 11 nitrogen and oxygen atoms in total. The average molecular weight is 356 g/mol. The number of aliphatic hydroxyl groups is 7. The second kappa shape index (κ2) is 8.29. The van der Waals surface area contributed by atoms with E-state index in [-0.39, 0.29) is 0 Å². The molecule has 0 amide bonds. The highest BCUT2D eigenvalue weighted by atomic mass is 16.7. The zero-order valence-electron chi connectivity index (χ0n) is 13.0. The lowest BCUT2D eigenvalue weighted by Gasteiger charge is -2.45. The fraction of sp³-hybridized carbons (Fsp3) is 1.00. The number of ether oxygens (including phenoxy) is 4. The van der Waals surface area contributed by atoms with Crippen molar-refractivity contribution in [3.63, 3.8) is 0 Å². The Hall–Kier alpha value is -0.440. The smallest absolute Gasteiger partial charge is 0.187 e. The van der Waals surface area contributed by atoms with E-state index in [0.717, 1.165) is 0 Å². The van der Waals surface area contributed by atoms with Crippen LogP contribution in [0.25, 0.3) is 0 Å². The van der Waals surface area contributed by atoms with Gasteiger partial charge < -0.3 is 54.7 Å². The van der Waals surface area contributed by atoms with Crippen molar-refractivity contribution < 1.29 is 54.7 Å². The Morgan fingerprint density at radius 2 is 1.38 bits per heavy atom. The molecule has 2 aliphatic heterocycles. The summed E-state index contributed by atoms with van der Waals surface area (Å²) in [5.74, 6) is 0. The molecule has 24 heavy (non-hydrogen) atoms. The van der Waals surface area contributed by atoms with Crippen LogP contribution in [0.3, 0.4) is 0 Å². The summed E-state index contributed by atoms with van der Waals surface area (Å²) in [6.07, 6.45) is -14.2. The maximum Gasteiger partial charge on any atom is 0.187 e. The molecule has 2 heterocycles. The molecule has 0 spiro atoms. The molecule has 0 aromatic heterocycles. The predicted molar refractivity (Wildman–Crippen MR) is 73.4 cm³/mol. The molecular weight excluding hydrogens is 332 g/mol. The zero-order chi connectivity index (χ0) is 18.0. The maximum absolute atomic E-state index is 10.3. The van der Waals surface area contributed by atoms with Gasteiger partial charge in [-0.1, -0.05) is 0 Å². The molecule has 0 aromatic carbocycles. The van der Waals surface area contributed by atoms with E-state index in [0.29, 0.717) is 0 Å². The number of hydrogen-bond acceptors (Lipinski definition) is 11. The molecule has 11 heteroatoms. The van der Waals surface area contributed by atoms with Gasteiger partial charge in [0.15, 0.2) is 12.6 Å². The van der Waals surface area contributed by atoms with Crippen LogP contribution in [0.1, 0.15) is 0 Å². The van der Waals surface area contributed by atoms with Crippen molar-refractivity contribution in [2.75, 3.05) is 20.3 Å². The van der Waals surface area contributed by atoms with Crippen molar-refractivity contribution in [1.29, 1.82) is 0 Å². The van der Waals surface area contributed by atoms with Crippen molar-refractivity contribution in [1.82, 2.24) is 0 Å². The Balaban J connectivity index is 2.14. The highest BCUT2D eigenvalue weighted by molar-refractivity contribution is 4.94. The first-order valence-corrected chi connectivity index (χ1v) is 7.46. The average Bonchev–Trinajstić information content (AvgIpc) is 2.57. The summed E-state index contributed by atoms with van der Waals surface area (Å²) in [4.78, 5) is 0. The Labute approximate surface area is 137 Å². The van der Waals surface area contributed by atoms with Crippen LogP contribution in [-0.4, -0.2) is 117 Å². The number of aliphatic hydroxyl groups excluding tert-OH is 7. The van der Waals surface area contributed by atoms with E-state index >= 15 is 0 Å². The van der Waals surface area contributed by atoms with Crippen molar-refractivity contribution >= 4 is 0 Å². The molecule has 2 saturated heterocycles. The predicted octanol–water partition coefficient (Wildman–Crippen LogP) is -4.74. The normalized spacial score (nSPS) is 50.0. The highest BCUT2D eigenvalue weighted by Gasteiger charge is 2.50. The Morgan fingerprint density at radius 3 is 1.92 bits per heavy atom. The monoisotopic (exact) mass is 356 g/mol. The van der Waals surface area contributed by atoms with Gasteiger partial charge in [0.1, 0.15) is 48.8 Å². The van der Waals surface area contributed by atoms with E-state index in [4.69, 9.17) is 24.1 Å². The maximum atomic E-state index is 10.3. The molecule has 0 saturated carbocycles. The molecule has 2 fully saturated rings. The molecular formula is C13H24O11. The first-order valence-electron chi connectivity index (χ1n) is 7.46. The van der Waals surface area contributed by atoms with Gasteiger partial charge in [-0.15, -0.1) is 0 Å².